The molecule has 0 spiro atoms. The molecule has 1 aromatic rings. The molecule has 22 heavy (non-hydrogen) atoms. The molecule has 7 heteroatoms. The molecule has 1 aromatic carbocycles. The molecule has 1 radical (unpaired) electrons. The van der Waals surface area contributed by atoms with Crippen LogP contribution in [-0.4, -0.2) is 42.5 Å². The largest absolute Gasteiger partial charge is 0.504 e. The first-order valence-corrected chi connectivity index (χ1v) is 6.84. The molecule has 0 saturated carbocycles. The first kappa shape index (κ1) is 18.1. The summed E-state index contributed by atoms with van der Waals surface area (Å²) in [5.74, 6) is -3.33. The Morgan fingerprint density at radius 1 is 1.00 bits per heavy atom. The molecule has 0 atom stereocenters. The van der Waals surface area contributed by atoms with Crippen LogP contribution in [0.5, 0.6) is 17.2 Å². The minimum absolute atomic E-state index is 0.135. The van der Waals surface area contributed by atoms with E-state index in [1.807, 2.05) is 27.7 Å². The fourth-order valence-electron chi connectivity index (χ4n) is 2.36. The number of carboxylic acids is 1. The third-order valence-corrected chi connectivity index (χ3v) is 3.76. The number of hydrogen-bond acceptors (Lipinski definition) is 5. The van der Waals surface area contributed by atoms with Gasteiger partial charge in [-0.15, -0.1) is 10.3 Å². The first-order chi connectivity index (χ1) is 9.88. The maximum Gasteiger partial charge on any atom is 0.335 e. The topological polar surface area (TPSA) is 121 Å². The summed E-state index contributed by atoms with van der Waals surface area (Å²) in [6, 6.07) is 1.69. The van der Waals surface area contributed by atoms with Gasteiger partial charge in [0.05, 0.1) is 5.56 Å². The standard InChI is InChI=1S/C8H16NO.C7H6O5/c1-7(2)5-6-8(3,4)9(7)10;8-4-1-3(7(11)12)2-5(9)6(4)10/h5-6H2,1-4H3;1-2,8-10H,(H,11,12). The lowest BCUT2D eigenvalue weighted by molar-refractivity contribution is -0.244. The van der Waals surface area contributed by atoms with Crippen LogP contribution in [0.25, 0.3) is 0 Å². The molecule has 0 amide bonds. The van der Waals surface area contributed by atoms with Crippen molar-refractivity contribution in [2.24, 2.45) is 0 Å². The van der Waals surface area contributed by atoms with Gasteiger partial charge in [0.1, 0.15) is 0 Å². The van der Waals surface area contributed by atoms with Crippen LogP contribution in [-0.2, 0) is 5.21 Å². The lowest BCUT2D eigenvalue weighted by Crippen LogP contribution is -2.44. The van der Waals surface area contributed by atoms with Gasteiger partial charge in [0, 0.05) is 11.1 Å². The predicted octanol–water partition coefficient (Wildman–Crippen LogP) is 2.49. The summed E-state index contributed by atoms with van der Waals surface area (Å²) in [5, 5.41) is 47.7. The molecule has 0 bridgehead atoms. The van der Waals surface area contributed by atoms with Crippen LogP contribution >= 0.6 is 0 Å². The van der Waals surface area contributed by atoms with E-state index in [0.29, 0.717) is 0 Å². The quantitative estimate of drug-likeness (QED) is 0.591. The Hall–Kier alpha value is -1.99. The average Bonchev–Trinajstić information content (AvgIpc) is 2.59. The summed E-state index contributed by atoms with van der Waals surface area (Å²) in [7, 11) is 0. The van der Waals surface area contributed by atoms with Gasteiger partial charge in [-0.3, -0.25) is 0 Å². The summed E-state index contributed by atoms with van der Waals surface area (Å²) in [5.41, 5.74) is -0.560. The van der Waals surface area contributed by atoms with Crippen molar-refractivity contribution in [3.05, 3.63) is 17.7 Å². The fraction of sp³-hybridized carbons (Fsp3) is 0.533. The van der Waals surface area contributed by atoms with Crippen molar-refractivity contribution in [1.29, 1.82) is 0 Å². The number of benzene rings is 1. The van der Waals surface area contributed by atoms with E-state index in [9.17, 15) is 10.0 Å². The van der Waals surface area contributed by atoms with Gasteiger partial charge >= 0.3 is 5.97 Å². The minimum Gasteiger partial charge on any atom is -0.504 e. The Morgan fingerprint density at radius 2 is 1.36 bits per heavy atom. The minimum atomic E-state index is -1.29. The highest BCUT2D eigenvalue weighted by Crippen LogP contribution is 2.38. The first-order valence-electron chi connectivity index (χ1n) is 6.84. The number of hydrogen-bond donors (Lipinski definition) is 4. The Bertz CT molecular complexity index is 528. The van der Waals surface area contributed by atoms with Crippen molar-refractivity contribution in [2.45, 2.75) is 51.6 Å². The molecule has 123 valence electrons. The van der Waals surface area contributed by atoms with Crippen LogP contribution in [0.2, 0.25) is 0 Å². The van der Waals surface area contributed by atoms with Gasteiger partial charge in [0.15, 0.2) is 17.2 Å². The van der Waals surface area contributed by atoms with E-state index >= 15 is 0 Å². The van der Waals surface area contributed by atoms with Gasteiger partial charge in [-0.25, -0.2) is 4.79 Å². The van der Waals surface area contributed by atoms with Crippen molar-refractivity contribution in [2.75, 3.05) is 0 Å². The van der Waals surface area contributed by atoms with Crippen LogP contribution < -0.4 is 0 Å². The van der Waals surface area contributed by atoms with Crippen LogP contribution in [0.15, 0.2) is 12.1 Å². The highest BCUT2D eigenvalue weighted by atomic mass is 16.5. The summed E-state index contributed by atoms with van der Waals surface area (Å²) < 4.78 is 0. The molecular formula is C15H22NO6. The van der Waals surface area contributed by atoms with Gasteiger partial charge in [-0.05, 0) is 52.7 Å². The molecule has 7 nitrogen and oxygen atoms in total. The van der Waals surface area contributed by atoms with Gasteiger partial charge in [-0.2, -0.15) is 0 Å². The van der Waals surface area contributed by atoms with E-state index in [0.717, 1.165) is 25.0 Å². The number of aromatic hydroxyl groups is 3. The van der Waals surface area contributed by atoms with Crippen molar-refractivity contribution in [1.82, 2.24) is 5.06 Å². The molecule has 2 rings (SSSR count). The van der Waals surface area contributed by atoms with Gasteiger partial charge in [0.25, 0.3) is 0 Å². The van der Waals surface area contributed by atoms with Crippen LogP contribution in [0.3, 0.4) is 0 Å². The number of carboxylic acid groups (broad SMARTS) is 1. The van der Waals surface area contributed by atoms with E-state index in [4.69, 9.17) is 20.4 Å². The smallest absolute Gasteiger partial charge is 0.335 e. The van der Waals surface area contributed by atoms with Crippen molar-refractivity contribution in [3.8, 4) is 17.2 Å². The van der Waals surface area contributed by atoms with Crippen LogP contribution in [0.4, 0.5) is 0 Å². The molecule has 1 saturated heterocycles. The number of nitrogens with zero attached hydrogens (tertiary/aromatic N) is 1. The van der Waals surface area contributed by atoms with Crippen molar-refractivity contribution < 1.29 is 30.4 Å². The van der Waals surface area contributed by atoms with E-state index in [1.54, 1.807) is 0 Å². The maximum absolute atomic E-state index is 11.5. The van der Waals surface area contributed by atoms with Crippen LogP contribution in [0.1, 0.15) is 50.9 Å². The number of aromatic carboxylic acids is 1. The Morgan fingerprint density at radius 3 is 1.59 bits per heavy atom. The Kier molecular flexibility index (Phi) is 4.94. The average molecular weight is 312 g/mol. The van der Waals surface area contributed by atoms with E-state index in [2.05, 4.69) is 0 Å². The third-order valence-electron chi connectivity index (χ3n) is 3.76. The number of hydroxylamine groups is 2. The van der Waals surface area contributed by atoms with Gasteiger partial charge in [0.2, 0.25) is 0 Å². The zero-order valence-electron chi connectivity index (χ0n) is 13.1. The summed E-state index contributed by atoms with van der Waals surface area (Å²) >= 11 is 0. The predicted molar refractivity (Wildman–Crippen MR) is 78.3 cm³/mol. The Balaban J connectivity index is 0.000000224. The zero-order chi connectivity index (χ0) is 17.3. The zero-order valence-corrected chi connectivity index (χ0v) is 13.1. The summed E-state index contributed by atoms with van der Waals surface area (Å²) in [6.07, 6.45) is 2.03. The lowest BCUT2D eigenvalue weighted by atomic mass is 10.0. The number of phenols is 3. The van der Waals surface area contributed by atoms with Crippen molar-refractivity contribution in [3.63, 3.8) is 0 Å². The number of carbonyl (C=O) groups is 1. The second kappa shape index (κ2) is 6.02. The van der Waals surface area contributed by atoms with E-state index in [-0.39, 0.29) is 16.6 Å². The maximum atomic E-state index is 11.5. The lowest BCUT2D eigenvalue weighted by Gasteiger charge is -2.31. The molecule has 1 heterocycles. The van der Waals surface area contributed by atoms with Crippen LogP contribution in [0, 0.1) is 0 Å². The molecular weight excluding hydrogens is 290 g/mol. The van der Waals surface area contributed by atoms with E-state index in [1.165, 1.54) is 5.06 Å². The number of rotatable bonds is 1. The molecule has 0 aliphatic carbocycles. The second-order valence-electron chi connectivity index (χ2n) is 6.59. The molecule has 1 aliphatic heterocycles. The monoisotopic (exact) mass is 312 g/mol. The van der Waals surface area contributed by atoms with E-state index < -0.39 is 23.2 Å². The third kappa shape index (κ3) is 3.80. The number of phenolic OH excluding ortho intramolecular Hbond substituents is 3. The second-order valence-corrected chi connectivity index (χ2v) is 6.59. The Labute approximate surface area is 129 Å². The molecule has 4 N–H and O–H groups in total. The molecule has 0 aromatic heterocycles. The summed E-state index contributed by atoms with van der Waals surface area (Å²) in [6.45, 7) is 8.03. The summed E-state index contributed by atoms with van der Waals surface area (Å²) in [4.78, 5) is 10.3. The van der Waals surface area contributed by atoms with Gasteiger partial charge in [-0.1, -0.05) is 0 Å². The molecule has 0 unspecified atom stereocenters. The highest BCUT2D eigenvalue weighted by molar-refractivity contribution is 5.89. The van der Waals surface area contributed by atoms with Crippen molar-refractivity contribution >= 4 is 5.97 Å². The van der Waals surface area contributed by atoms with Gasteiger partial charge < -0.3 is 20.4 Å². The fourth-order valence-corrected chi connectivity index (χ4v) is 2.36. The molecule has 1 fully saturated rings. The normalized spacial score (nSPS) is 19.3. The molecule has 1 aliphatic rings. The highest BCUT2D eigenvalue weighted by Gasteiger charge is 2.45. The SMILES string of the molecule is CC1(C)CCC(C)(C)N1[O].O=C(O)c1cc(O)c(O)c(O)c1.